The van der Waals surface area contributed by atoms with Crippen LogP contribution in [-0.2, 0) is 0 Å². The van der Waals surface area contributed by atoms with Crippen molar-refractivity contribution in [1.29, 1.82) is 0 Å². The van der Waals surface area contributed by atoms with E-state index in [0.29, 0.717) is 126 Å². The van der Waals surface area contributed by atoms with Gasteiger partial charge in [-0.3, -0.25) is 0 Å². The Morgan fingerprint density at radius 1 is 0.350 bits per heavy atom. The van der Waals surface area contributed by atoms with Gasteiger partial charge in [0, 0.05) is 18.3 Å². The first kappa shape index (κ1) is 101. The van der Waals surface area contributed by atoms with Crippen LogP contribution >= 0.6 is 0 Å². The molecule has 12 N–H and O–H groups in total. The molecule has 12 aliphatic carbocycles. The lowest BCUT2D eigenvalue weighted by atomic mass is 9.60. The van der Waals surface area contributed by atoms with Crippen molar-refractivity contribution in [3.8, 4) is 0 Å². The maximum absolute atomic E-state index is 10.2. The molecule has 8 unspecified atom stereocenters. The van der Waals surface area contributed by atoms with Gasteiger partial charge in [0.1, 0.15) is 0 Å². The Morgan fingerprint density at radius 3 is 0.858 bits per heavy atom. The fraction of sp³-hybridized carbons (Fsp3) is 0.815. The summed E-state index contributed by atoms with van der Waals surface area (Å²) in [5.74, 6) is 8.53. The van der Waals surface area contributed by atoms with Crippen LogP contribution in [0.5, 0.6) is 0 Å². The monoisotopic (exact) mass is 1670 g/mol. The molecule has 0 aromatic carbocycles. The molecule has 12 aliphatic rings. The second-order valence-electron chi connectivity index (χ2n) is 46.2. The molecule has 12 nitrogen and oxygen atoms in total. The molecule has 0 aliphatic heterocycles. The Bertz CT molecular complexity index is 3420. The summed E-state index contributed by atoms with van der Waals surface area (Å²) >= 11 is 0. The summed E-state index contributed by atoms with van der Waals surface area (Å²) in [5, 5.41) is 121. The van der Waals surface area contributed by atoms with Gasteiger partial charge in [-0.25, -0.2) is 0 Å². The number of allylic oxidation sites excluding steroid dienone is 12. The van der Waals surface area contributed by atoms with E-state index < -0.39 is 71.2 Å². The van der Waals surface area contributed by atoms with Gasteiger partial charge in [0.15, 0.2) is 0 Å². The van der Waals surface area contributed by atoms with Crippen LogP contribution in [0.15, 0.2) is 117 Å². The highest BCUT2D eigenvalue weighted by atomic mass is 16.3. The molecule has 0 heterocycles. The van der Waals surface area contributed by atoms with Crippen molar-refractivity contribution in [3.05, 3.63) is 117 Å². The SMILES string of the molecule is C=C1/C(=C\C=C2/CCC[C@@]3(C)C2CCC3[C@@H](C)CCCC(C)(C)O)C[C@@H](O)C[C@@H]1O.C=C1[C@H](O)CC(=C/C=C2\CCC[C@@]3(C)C2CCC3[C@@H](C)CCCC(C)(C)O)C[C@H]1O.CC1[C@H](O)CC(=C/C=C2\CCC[C@@]3(C)C2CCC3[C@@H](C)CCCC(C)(C)O)C[C@H]1O.CC1[C@H](O)CC(=C/C=C2\CCC[C@@]3(C)C2CCC3[C@H](C)CCCC(C)(C)O)C[C@H]1O. The van der Waals surface area contributed by atoms with Crippen LogP contribution < -0.4 is 0 Å². The molecule has 0 radical (unpaired) electrons. The summed E-state index contributed by atoms with van der Waals surface area (Å²) < 4.78 is 0. The Hall–Kier alpha value is -3.08. The molecule has 12 heteroatoms. The van der Waals surface area contributed by atoms with Crippen LogP contribution in [0, 0.1) is 105 Å². The van der Waals surface area contributed by atoms with E-state index in [1.165, 1.54) is 165 Å². The summed E-state index contributed by atoms with van der Waals surface area (Å²) in [5.41, 5.74) is 11.6. The van der Waals surface area contributed by atoms with E-state index in [1.54, 1.807) is 22.3 Å². The molecule has 12 rings (SSSR count). The maximum atomic E-state index is 10.2. The van der Waals surface area contributed by atoms with E-state index in [-0.39, 0.29) is 11.8 Å². The molecule has 0 saturated heterocycles. The Balaban J connectivity index is 0.000000182. The van der Waals surface area contributed by atoms with Crippen molar-refractivity contribution in [1.82, 2.24) is 0 Å². The zero-order valence-electron chi connectivity index (χ0n) is 79.4. The summed E-state index contributed by atoms with van der Waals surface area (Å²) in [6.07, 6.45) is 57.5. The maximum Gasteiger partial charge on any atom is 0.0811 e. The van der Waals surface area contributed by atoms with E-state index >= 15 is 0 Å². The molecule has 0 spiro atoms. The normalized spacial score (nSPS) is 39.0. The zero-order chi connectivity index (χ0) is 88.4. The van der Waals surface area contributed by atoms with Crippen molar-refractivity contribution in [2.24, 2.45) is 105 Å². The first-order valence-corrected chi connectivity index (χ1v) is 49.3. The summed E-state index contributed by atoms with van der Waals surface area (Å²) in [4.78, 5) is 0. The van der Waals surface area contributed by atoms with Gasteiger partial charge in [0.05, 0.1) is 71.2 Å². The predicted octanol–water partition coefficient (Wildman–Crippen LogP) is 23.0. The molecule has 120 heavy (non-hydrogen) atoms. The molecule has 24 atom stereocenters. The number of rotatable bonds is 24. The van der Waals surface area contributed by atoms with Gasteiger partial charge in [-0.1, -0.05) is 221 Å². The quantitative estimate of drug-likeness (QED) is 0.0404. The minimum atomic E-state index is -0.615. The number of fused-ring (bicyclic) bond motifs is 4. The first-order valence-electron chi connectivity index (χ1n) is 49.3. The lowest BCUT2D eigenvalue weighted by molar-refractivity contribution is 0.00358. The largest absolute Gasteiger partial charge is 0.393 e. The summed E-state index contributed by atoms with van der Waals surface area (Å²) in [6, 6.07) is 0. The van der Waals surface area contributed by atoms with Crippen molar-refractivity contribution in [3.63, 3.8) is 0 Å². The molecule has 12 fully saturated rings. The van der Waals surface area contributed by atoms with E-state index in [2.05, 4.69) is 117 Å². The highest BCUT2D eigenvalue weighted by molar-refractivity contribution is 5.39. The third kappa shape index (κ3) is 26.6. The summed E-state index contributed by atoms with van der Waals surface area (Å²) in [7, 11) is 0. The van der Waals surface area contributed by atoms with Gasteiger partial charge in [-0.2, -0.15) is 0 Å². The standard InChI is InChI=1S/2C27H46O3.2C27H44O3/c3*1-18(8-6-14-26(3,4)30)22-12-13-23-21(9-7-15-27(22,23)5)11-10-20-16-24(28)19(2)25(29)17-20;1-18(8-6-14-26(3,4)30)23-12-13-24-20(9-7-15-27(23,24)5)10-11-21-16-22(28)17-25(29)19(21)2/h2*10-11,18-19,22-25,28-30H,6-9,12-17H2,1-5H3;2*10-11,18,22-25,28-30H,2,6-9,12-17H2,1,3-5H3/b2*20-10?,21-11+;21-11+;20-10+,21-11-/t18-,19?,22?,23?,24+,25+,27+;18-,19?,22?,23?,24-,25-,27-;18-,22?,23?,24+,25+,27+;18-,22+,23?,24?,25-,27+/m0100/s1. The second-order valence-corrected chi connectivity index (χ2v) is 46.2. The van der Waals surface area contributed by atoms with Crippen molar-refractivity contribution in [2.45, 2.75) is 453 Å². The van der Waals surface area contributed by atoms with Gasteiger partial charge in [0.25, 0.3) is 0 Å². The van der Waals surface area contributed by atoms with Crippen LogP contribution in [0.4, 0.5) is 0 Å². The minimum Gasteiger partial charge on any atom is -0.393 e. The Morgan fingerprint density at radius 2 is 0.600 bits per heavy atom. The molecule has 0 aromatic rings. The van der Waals surface area contributed by atoms with Crippen LogP contribution in [0.3, 0.4) is 0 Å². The highest BCUT2D eigenvalue weighted by Crippen LogP contribution is 2.64. The smallest absolute Gasteiger partial charge is 0.0811 e. The Labute approximate surface area is 731 Å². The van der Waals surface area contributed by atoms with Crippen LogP contribution in [0.1, 0.15) is 381 Å². The average molecular weight is 1670 g/mol. The molecule has 0 amide bonds. The van der Waals surface area contributed by atoms with E-state index in [4.69, 9.17) is 0 Å². The molecular weight excluding hydrogens is 1490 g/mol. The summed E-state index contributed by atoms with van der Waals surface area (Å²) in [6.45, 7) is 47.0. The Kier molecular flexibility index (Phi) is 36.0. The second kappa shape index (κ2) is 42.9. The van der Waals surface area contributed by atoms with Gasteiger partial charge in [-0.15, -0.1) is 0 Å². The van der Waals surface area contributed by atoms with Crippen LogP contribution in [0.2, 0.25) is 0 Å². The third-order valence-corrected chi connectivity index (χ3v) is 34.6. The van der Waals surface area contributed by atoms with Crippen LogP contribution in [-0.4, -0.2) is 133 Å². The number of hydrogen-bond donors (Lipinski definition) is 12. The third-order valence-electron chi connectivity index (χ3n) is 34.6. The number of hydrogen-bond acceptors (Lipinski definition) is 12. The molecular formula is C108H180O12. The zero-order valence-corrected chi connectivity index (χ0v) is 79.4. The van der Waals surface area contributed by atoms with Gasteiger partial charge in [0.2, 0.25) is 0 Å². The lowest BCUT2D eigenvalue weighted by Gasteiger charge is -2.44. The predicted molar refractivity (Wildman–Crippen MR) is 496 cm³/mol. The number of aliphatic hydroxyl groups is 12. The van der Waals surface area contributed by atoms with E-state index in [0.717, 1.165) is 91.8 Å². The van der Waals surface area contributed by atoms with Gasteiger partial charge in [-0.05, 0) is 364 Å². The van der Waals surface area contributed by atoms with E-state index in [1.807, 2.05) is 69.2 Å². The molecule has 0 bridgehead atoms. The number of aliphatic hydroxyl groups excluding tert-OH is 8. The van der Waals surface area contributed by atoms with Crippen molar-refractivity contribution in [2.75, 3.05) is 0 Å². The first-order chi connectivity index (χ1) is 56.0. The minimum absolute atomic E-state index is 0.0266. The van der Waals surface area contributed by atoms with Crippen molar-refractivity contribution < 1.29 is 61.3 Å². The average Bonchev–Trinajstić information content (AvgIpc) is 1.60. The van der Waals surface area contributed by atoms with Crippen molar-refractivity contribution >= 4 is 0 Å². The fourth-order valence-corrected chi connectivity index (χ4v) is 27.2. The van der Waals surface area contributed by atoms with Crippen LogP contribution in [0.25, 0.3) is 0 Å². The van der Waals surface area contributed by atoms with Gasteiger partial charge >= 0.3 is 0 Å². The lowest BCUT2D eigenvalue weighted by Crippen LogP contribution is -2.36. The molecule has 684 valence electrons. The topological polar surface area (TPSA) is 243 Å². The van der Waals surface area contributed by atoms with E-state index in [9.17, 15) is 61.3 Å². The molecule has 12 saturated carbocycles. The van der Waals surface area contributed by atoms with Gasteiger partial charge < -0.3 is 61.3 Å². The fourth-order valence-electron chi connectivity index (χ4n) is 27.2. The molecule has 0 aromatic heterocycles. The highest BCUT2D eigenvalue weighted by Gasteiger charge is 2.55.